The standard InChI is InChI=1S/C15H19N3S/c1-2-3-7-10-19-14-11-13(16)17-15(18-14)12-8-5-4-6-9-12/h4-6,8-9,11H,2-3,7,10H2,1H3,(H2,16,17,18). The van der Waals surface area contributed by atoms with E-state index in [2.05, 4.69) is 16.9 Å². The predicted molar refractivity (Wildman–Crippen MR) is 82.1 cm³/mol. The van der Waals surface area contributed by atoms with Crippen LogP contribution in [0.2, 0.25) is 0 Å². The number of hydrogen-bond acceptors (Lipinski definition) is 4. The Morgan fingerprint density at radius 1 is 1.11 bits per heavy atom. The van der Waals surface area contributed by atoms with Crippen molar-refractivity contribution < 1.29 is 0 Å². The van der Waals surface area contributed by atoms with Crippen LogP contribution in [0.1, 0.15) is 26.2 Å². The molecule has 0 aliphatic rings. The number of nitrogens with zero attached hydrogens (tertiary/aromatic N) is 2. The third kappa shape index (κ3) is 4.24. The van der Waals surface area contributed by atoms with Crippen LogP contribution < -0.4 is 5.73 Å². The maximum absolute atomic E-state index is 5.86. The molecule has 4 heteroatoms. The minimum Gasteiger partial charge on any atom is -0.384 e. The van der Waals surface area contributed by atoms with Gasteiger partial charge in [0.15, 0.2) is 5.82 Å². The molecule has 2 aromatic rings. The lowest BCUT2D eigenvalue weighted by molar-refractivity contribution is 0.778. The van der Waals surface area contributed by atoms with Crippen LogP contribution in [0.3, 0.4) is 0 Å². The molecule has 2 rings (SSSR count). The van der Waals surface area contributed by atoms with Crippen molar-refractivity contribution >= 4 is 17.6 Å². The summed E-state index contributed by atoms with van der Waals surface area (Å²) in [5, 5.41) is 0.961. The second-order valence-corrected chi connectivity index (χ2v) is 5.49. The fourth-order valence-electron chi connectivity index (χ4n) is 1.76. The number of anilines is 1. The molecule has 19 heavy (non-hydrogen) atoms. The van der Waals surface area contributed by atoms with Gasteiger partial charge in [0.05, 0.1) is 0 Å². The molecule has 0 aliphatic carbocycles. The number of nitrogen functional groups attached to an aromatic ring is 1. The number of aromatic nitrogens is 2. The van der Waals surface area contributed by atoms with E-state index in [9.17, 15) is 0 Å². The maximum atomic E-state index is 5.86. The Morgan fingerprint density at radius 3 is 2.63 bits per heavy atom. The van der Waals surface area contributed by atoms with Gasteiger partial charge in [-0.2, -0.15) is 0 Å². The lowest BCUT2D eigenvalue weighted by Gasteiger charge is -2.05. The number of nitrogens with two attached hydrogens (primary N) is 1. The van der Waals surface area contributed by atoms with E-state index in [1.807, 2.05) is 36.4 Å². The minimum atomic E-state index is 0.534. The third-order valence-corrected chi connectivity index (χ3v) is 3.75. The lowest BCUT2D eigenvalue weighted by Crippen LogP contribution is -1.97. The van der Waals surface area contributed by atoms with Crippen molar-refractivity contribution in [3.05, 3.63) is 36.4 Å². The Labute approximate surface area is 118 Å². The molecule has 0 saturated heterocycles. The average Bonchev–Trinajstić information content (AvgIpc) is 2.44. The molecule has 0 unspecified atom stereocenters. The summed E-state index contributed by atoms with van der Waals surface area (Å²) in [6.45, 7) is 2.21. The van der Waals surface area contributed by atoms with E-state index >= 15 is 0 Å². The number of unbranched alkanes of at least 4 members (excludes halogenated alkanes) is 2. The Morgan fingerprint density at radius 2 is 1.89 bits per heavy atom. The van der Waals surface area contributed by atoms with Crippen LogP contribution in [0.15, 0.2) is 41.4 Å². The summed E-state index contributed by atoms with van der Waals surface area (Å²) in [6, 6.07) is 11.8. The molecule has 0 bridgehead atoms. The smallest absolute Gasteiger partial charge is 0.162 e. The number of hydrogen-bond donors (Lipinski definition) is 1. The first kappa shape index (κ1) is 13.9. The lowest BCUT2D eigenvalue weighted by atomic mass is 10.2. The van der Waals surface area contributed by atoms with Gasteiger partial charge >= 0.3 is 0 Å². The van der Waals surface area contributed by atoms with Crippen molar-refractivity contribution in [2.75, 3.05) is 11.5 Å². The van der Waals surface area contributed by atoms with Crippen molar-refractivity contribution in [1.29, 1.82) is 0 Å². The molecule has 3 nitrogen and oxygen atoms in total. The van der Waals surface area contributed by atoms with E-state index < -0.39 is 0 Å². The minimum absolute atomic E-state index is 0.534. The highest BCUT2D eigenvalue weighted by atomic mass is 32.2. The summed E-state index contributed by atoms with van der Waals surface area (Å²) in [4.78, 5) is 8.88. The van der Waals surface area contributed by atoms with E-state index in [1.165, 1.54) is 19.3 Å². The first-order valence-corrected chi connectivity index (χ1v) is 7.61. The van der Waals surface area contributed by atoms with E-state index in [0.717, 1.165) is 16.3 Å². The van der Waals surface area contributed by atoms with Gasteiger partial charge in [-0.3, -0.25) is 0 Å². The van der Waals surface area contributed by atoms with Gasteiger partial charge in [0.25, 0.3) is 0 Å². The summed E-state index contributed by atoms with van der Waals surface area (Å²) < 4.78 is 0. The molecule has 0 atom stereocenters. The molecular formula is C15H19N3S. The molecule has 0 spiro atoms. The van der Waals surface area contributed by atoms with Crippen molar-refractivity contribution in [2.45, 2.75) is 31.2 Å². The SMILES string of the molecule is CCCCCSc1cc(N)nc(-c2ccccc2)n1. The molecule has 0 fully saturated rings. The summed E-state index contributed by atoms with van der Waals surface area (Å²) in [6.07, 6.45) is 3.71. The maximum Gasteiger partial charge on any atom is 0.162 e. The zero-order valence-electron chi connectivity index (χ0n) is 11.2. The molecule has 1 heterocycles. The molecule has 0 radical (unpaired) electrons. The first-order chi connectivity index (χ1) is 9.29. The van der Waals surface area contributed by atoms with Crippen LogP contribution in [-0.2, 0) is 0 Å². The van der Waals surface area contributed by atoms with Crippen LogP contribution in [0.25, 0.3) is 11.4 Å². The summed E-state index contributed by atoms with van der Waals surface area (Å²) in [5.41, 5.74) is 6.87. The topological polar surface area (TPSA) is 51.8 Å². The number of rotatable bonds is 6. The Balaban J connectivity index is 2.11. The van der Waals surface area contributed by atoms with Crippen molar-refractivity contribution in [2.24, 2.45) is 0 Å². The van der Waals surface area contributed by atoms with Crippen molar-refractivity contribution in [1.82, 2.24) is 9.97 Å². The Kier molecular flexibility index (Phi) is 5.21. The molecule has 0 saturated carbocycles. The molecule has 100 valence electrons. The fourth-order valence-corrected chi connectivity index (χ4v) is 2.67. The summed E-state index contributed by atoms with van der Waals surface area (Å²) in [5.74, 6) is 2.32. The molecule has 0 aliphatic heterocycles. The first-order valence-electron chi connectivity index (χ1n) is 6.62. The average molecular weight is 273 g/mol. The van der Waals surface area contributed by atoms with Crippen molar-refractivity contribution in [3.63, 3.8) is 0 Å². The van der Waals surface area contributed by atoms with Gasteiger partial charge in [0.2, 0.25) is 0 Å². The number of thioether (sulfide) groups is 1. The van der Waals surface area contributed by atoms with Gasteiger partial charge in [-0.1, -0.05) is 50.1 Å². The van der Waals surface area contributed by atoms with Crippen LogP contribution in [0.5, 0.6) is 0 Å². The second kappa shape index (κ2) is 7.14. The van der Waals surface area contributed by atoms with Gasteiger partial charge < -0.3 is 5.73 Å². The largest absolute Gasteiger partial charge is 0.384 e. The van der Waals surface area contributed by atoms with Crippen LogP contribution in [0.4, 0.5) is 5.82 Å². The summed E-state index contributed by atoms with van der Waals surface area (Å²) >= 11 is 1.75. The molecular weight excluding hydrogens is 254 g/mol. The fraction of sp³-hybridized carbons (Fsp3) is 0.333. The van der Waals surface area contributed by atoms with Crippen molar-refractivity contribution in [3.8, 4) is 11.4 Å². The molecule has 1 aromatic heterocycles. The second-order valence-electron chi connectivity index (χ2n) is 4.38. The normalized spacial score (nSPS) is 10.6. The highest BCUT2D eigenvalue weighted by Crippen LogP contribution is 2.23. The molecule has 2 N–H and O–H groups in total. The van der Waals surface area contributed by atoms with Gasteiger partial charge in [-0.05, 0) is 12.2 Å². The zero-order chi connectivity index (χ0) is 13.5. The Hall–Kier alpha value is -1.55. The van der Waals surface area contributed by atoms with Crippen LogP contribution >= 0.6 is 11.8 Å². The van der Waals surface area contributed by atoms with E-state index in [-0.39, 0.29) is 0 Å². The zero-order valence-corrected chi connectivity index (χ0v) is 12.0. The van der Waals surface area contributed by atoms with E-state index in [0.29, 0.717) is 11.6 Å². The third-order valence-electron chi connectivity index (χ3n) is 2.75. The molecule has 1 aromatic carbocycles. The highest BCUT2D eigenvalue weighted by Gasteiger charge is 2.05. The highest BCUT2D eigenvalue weighted by molar-refractivity contribution is 7.99. The Bertz CT molecular complexity index is 514. The van der Waals surface area contributed by atoms with E-state index in [1.54, 1.807) is 11.8 Å². The monoisotopic (exact) mass is 273 g/mol. The van der Waals surface area contributed by atoms with Gasteiger partial charge in [0, 0.05) is 11.6 Å². The predicted octanol–water partition coefficient (Wildman–Crippen LogP) is 4.01. The number of benzene rings is 1. The van der Waals surface area contributed by atoms with Gasteiger partial charge in [0.1, 0.15) is 10.8 Å². The van der Waals surface area contributed by atoms with E-state index in [4.69, 9.17) is 5.73 Å². The summed E-state index contributed by atoms with van der Waals surface area (Å²) in [7, 11) is 0. The molecule has 0 amide bonds. The van der Waals surface area contributed by atoms with Gasteiger partial charge in [-0.15, -0.1) is 11.8 Å². The van der Waals surface area contributed by atoms with Crippen LogP contribution in [0, 0.1) is 0 Å². The van der Waals surface area contributed by atoms with Crippen LogP contribution in [-0.4, -0.2) is 15.7 Å². The quantitative estimate of drug-likeness (QED) is 0.491. The van der Waals surface area contributed by atoms with Gasteiger partial charge in [-0.25, -0.2) is 9.97 Å².